The summed E-state index contributed by atoms with van der Waals surface area (Å²) in [5.41, 5.74) is 9.39. The van der Waals surface area contributed by atoms with Crippen LogP contribution < -0.4 is 15.8 Å². The fourth-order valence-corrected chi connectivity index (χ4v) is 2.53. The largest absolute Gasteiger partial charge is 0.476 e. The summed E-state index contributed by atoms with van der Waals surface area (Å²) in [4.78, 5) is 9.87. The molecular weight excluding hydrogens is 272 g/mol. The number of anilines is 2. The van der Waals surface area contributed by atoms with Gasteiger partial charge in [-0.05, 0) is 37.8 Å². The number of nitrogens with one attached hydrogen (secondary N) is 1. The zero-order chi connectivity index (χ0) is 13.9. The third-order valence-corrected chi connectivity index (χ3v) is 4.25. The SMILES string of the molecule is Cc1ncsc1CNc1ccc(N)c(OCC2CC2)n1. The van der Waals surface area contributed by atoms with Crippen molar-refractivity contribution in [2.45, 2.75) is 26.3 Å². The standard InChI is InChI=1S/C14H18N4OS/c1-9-12(20-8-17-9)6-16-13-5-4-11(15)14(18-13)19-7-10-2-3-10/h4-5,8,10H,2-3,6-7,15H2,1H3,(H,16,18). The van der Waals surface area contributed by atoms with Gasteiger partial charge in [-0.1, -0.05) is 0 Å². The van der Waals surface area contributed by atoms with Crippen LogP contribution in [0.5, 0.6) is 5.88 Å². The molecule has 2 aromatic heterocycles. The first-order valence-corrected chi connectivity index (χ1v) is 7.62. The maximum atomic E-state index is 5.89. The minimum absolute atomic E-state index is 0.530. The second kappa shape index (κ2) is 5.66. The summed E-state index contributed by atoms with van der Waals surface area (Å²) in [6.07, 6.45) is 2.50. The van der Waals surface area contributed by atoms with Crippen LogP contribution in [0.1, 0.15) is 23.4 Å². The lowest BCUT2D eigenvalue weighted by molar-refractivity contribution is 0.290. The number of nitrogens with two attached hydrogens (primary N) is 1. The molecule has 1 fully saturated rings. The predicted molar refractivity (Wildman–Crippen MR) is 81.0 cm³/mol. The summed E-state index contributed by atoms with van der Waals surface area (Å²) in [5, 5.41) is 3.28. The van der Waals surface area contributed by atoms with Gasteiger partial charge in [-0.25, -0.2) is 4.98 Å². The van der Waals surface area contributed by atoms with Crippen LogP contribution >= 0.6 is 11.3 Å². The number of nitrogens with zero attached hydrogens (tertiary/aromatic N) is 2. The average Bonchev–Trinajstić information content (AvgIpc) is 3.18. The number of nitrogen functional groups attached to an aromatic ring is 1. The van der Waals surface area contributed by atoms with Crippen molar-refractivity contribution >= 4 is 22.8 Å². The van der Waals surface area contributed by atoms with Gasteiger partial charge in [0.2, 0.25) is 5.88 Å². The minimum Gasteiger partial charge on any atom is -0.476 e. The predicted octanol–water partition coefficient (Wildman–Crippen LogP) is 2.83. The third kappa shape index (κ3) is 3.19. The number of aryl methyl sites for hydroxylation is 1. The lowest BCUT2D eigenvalue weighted by atomic mass is 10.3. The highest BCUT2D eigenvalue weighted by atomic mass is 32.1. The van der Waals surface area contributed by atoms with Crippen molar-refractivity contribution in [3.63, 3.8) is 0 Å². The first kappa shape index (κ1) is 13.2. The molecule has 2 heterocycles. The Morgan fingerprint density at radius 3 is 3.00 bits per heavy atom. The number of pyridine rings is 1. The Balaban J connectivity index is 1.63. The van der Waals surface area contributed by atoms with Crippen LogP contribution in [0.4, 0.5) is 11.5 Å². The smallest absolute Gasteiger partial charge is 0.239 e. The first-order chi connectivity index (χ1) is 9.72. The Hall–Kier alpha value is -1.82. The lowest BCUT2D eigenvalue weighted by Gasteiger charge is -2.10. The summed E-state index contributed by atoms with van der Waals surface area (Å²) in [7, 11) is 0. The molecule has 0 saturated heterocycles. The van der Waals surface area contributed by atoms with Crippen LogP contribution in [-0.2, 0) is 6.54 Å². The summed E-state index contributed by atoms with van der Waals surface area (Å²) >= 11 is 1.64. The zero-order valence-electron chi connectivity index (χ0n) is 11.4. The van der Waals surface area contributed by atoms with Crippen LogP contribution in [-0.4, -0.2) is 16.6 Å². The molecule has 3 rings (SSSR count). The Morgan fingerprint density at radius 1 is 1.45 bits per heavy atom. The Kier molecular flexibility index (Phi) is 3.73. The molecule has 0 aliphatic heterocycles. The average molecular weight is 290 g/mol. The molecule has 6 heteroatoms. The van der Waals surface area contributed by atoms with Crippen molar-refractivity contribution in [2.24, 2.45) is 5.92 Å². The lowest BCUT2D eigenvalue weighted by Crippen LogP contribution is -2.06. The van der Waals surface area contributed by atoms with Crippen molar-refractivity contribution in [3.05, 3.63) is 28.2 Å². The van der Waals surface area contributed by atoms with Gasteiger partial charge in [0.25, 0.3) is 0 Å². The van der Waals surface area contributed by atoms with Gasteiger partial charge in [-0.2, -0.15) is 4.98 Å². The Morgan fingerprint density at radius 2 is 2.30 bits per heavy atom. The normalized spacial score (nSPS) is 14.2. The van der Waals surface area contributed by atoms with Crippen LogP contribution in [0.25, 0.3) is 0 Å². The maximum absolute atomic E-state index is 5.89. The van der Waals surface area contributed by atoms with Crippen LogP contribution in [0.2, 0.25) is 0 Å². The minimum atomic E-state index is 0.530. The number of aromatic nitrogens is 2. The molecule has 3 N–H and O–H groups in total. The van der Waals surface area contributed by atoms with Crippen molar-refractivity contribution in [3.8, 4) is 5.88 Å². The first-order valence-electron chi connectivity index (χ1n) is 6.74. The van der Waals surface area contributed by atoms with E-state index in [-0.39, 0.29) is 0 Å². The quantitative estimate of drug-likeness (QED) is 0.856. The highest BCUT2D eigenvalue weighted by Gasteiger charge is 2.22. The molecule has 2 aromatic rings. The molecule has 106 valence electrons. The van der Waals surface area contributed by atoms with E-state index < -0.39 is 0 Å². The summed E-state index contributed by atoms with van der Waals surface area (Å²) < 4.78 is 5.68. The van der Waals surface area contributed by atoms with E-state index >= 15 is 0 Å². The number of rotatable bonds is 6. The molecule has 1 saturated carbocycles. The molecule has 0 unspecified atom stereocenters. The molecule has 0 atom stereocenters. The zero-order valence-corrected chi connectivity index (χ0v) is 12.2. The molecule has 0 radical (unpaired) electrons. The van der Waals surface area contributed by atoms with E-state index in [1.807, 2.05) is 24.6 Å². The molecule has 1 aliphatic carbocycles. The molecule has 1 aliphatic rings. The van der Waals surface area contributed by atoms with Gasteiger partial charge in [-0.3, -0.25) is 0 Å². The summed E-state index contributed by atoms with van der Waals surface area (Å²) in [5.74, 6) is 1.99. The second-order valence-electron chi connectivity index (χ2n) is 5.06. The number of thiazole rings is 1. The Labute approximate surface area is 122 Å². The summed E-state index contributed by atoms with van der Waals surface area (Å²) in [6, 6.07) is 3.70. The molecule has 5 nitrogen and oxygen atoms in total. The van der Waals surface area contributed by atoms with E-state index in [0.29, 0.717) is 24.1 Å². The number of hydrogen-bond acceptors (Lipinski definition) is 6. The fraction of sp³-hybridized carbons (Fsp3) is 0.429. The van der Waals surface area contributed by atoms with Gasteiger partial charge in [0.15, 0.2) is 0 Å². The molecule has 0 spiro atoms. The van der Waals surface area contributed by atoms with Crippen LogP contribution in [0.3, 0.4) is 0 Å². The Bertz CT molecular complexity index is 595. The van der Waals surface area contributed by atoms with Gasteiger partial charge in [0, 0.05) is 4.88 Å². The molecular formula is C14H18N4OS. The van der Waals surface area contributed by atoms with Crippen molar-refractivity contribution in [1.29, 1.82) is 0 Å². The van der Waals surface area contributed by atoms with Gasteiger partial charge in [0.1, 0.15) is 5.82 Å². The van der Waals surface area contributed by atoms with E-state index in [1.165, 1.54) is 17.7 Å². The van der Waals surface area contributed by atoms with Crippen molar-refractivity contribution in [2.75, 3.05) is 17.7 Å². The van der Waals surface area contributed by atoms with E-state index in [2.05, 4.69) is 15.3 Å². The van der Waals surface area contributed by atoms with E-state index in [1.54, 1.807) is 11.3 Å². The molecule has 0 amide bonds. The van der Waals surface area contributed by atoms with Gasteiger partial charge < -0.3 is 15.8 Å². The molecule has 20 heavy (non-hydrogen) atoms. The van der Waals surface area contributed by atoms with Crippen LogP contribution in [0.15, 0.2) is 17.6 Å². The fourth-order valence-electron chi connectivity index (χ4n) is 1.81. The summed E-state index contributed by atoms with van der Waals surface area (Å²) in [6.45, 7) is 3.44. The topological polar surface area (TPSA) is 73.1 Å². The van der Waals surface area contributed by atoms with Gasteiger partial charge in [-0.15, -0.1) is 11.3 Å². The van der Waals surface area contributed by atoms with Gasteiger partial charge >= 0.3 is 0 Å². The van der Waals surface area contributed by atoms with Crippen molar-refractivity contribution in [1.82, 2.24) is 9.97 Å². The van der Waals surface area contributed by atoms with Gasteiger partial charge in [0.05, 0.1) is 30.0 Å². The van der Waals surface area contributed by atoms with E-state index in [4.69, 9.17) is 10.5 Å². The highest BCUT2D eigenvalue weighted by Crippen LogP contribution is 2.30. The molecule has 0 aromatic carbocycles. The maximum Gasteiger partial charge on any atom is 0.239 e. The van der Waals surface area contributed by atoms with Crippen LogP contribution in [0, 0.1) is 12.8 Å². The van der Waals surface area contributed by atoms with Crippen molar-refractivity contribution < 1.29 is 4.74 Å². The number of ether oxygens (including phenoxy) is 1. The monoisotopic (exact) mass is 290 g/mol. The number of hydrogen-bond donors (Lipinski definition) is 2. The van der Waals surface area contributed by atoms with E-state index in [0.717, 1.165) is 18.1 Å². The second-order valence-corrected chi connectivity index (χ2v) is 6.00. The molecule has 0 bridgehead atoms. The highest BCUT2D eigenvalue weighted by molar-refractivity contribution is 7.09. The third-order valence-electron chi connectivity index (χ3n) is 3.32. The van der Waals surface area contributed by atoms with E-state index in [9.17, 15) is 0 Å².